The van der Waals surface area contributed by atoms with Gasteiger partial charge in [0, 0.05) is 0 Å². The van der Waals surface area contributed by atoms with Crippen LogP contribution in [0.4, 0.5) is 0 Å². The third-order valence-electron chi connectivity index (χ3n) is 5.99. The lowest BCUT2D eigenvalue weighted by atomic mass is 9.85. The third kappa shape index (κ3) is 3.01. The summed E-state index contributed by atoms with van der Waals surface area (Å²) in [6.45, 7) is 7.46. The standard InChI is InChI=1S/C25H28O2SSi/c1-26-22-15-11-19(12-16-22)24(20-13-17-23(27-2)18-14-20)25(28-24,29(3,4)5)21-9-7-6-8-10-21/h6-18H,1-5H3. The largest absolute Gasteiger partial charge is 0.497 e. The molecule has 0 saturated carbocycles. The summed E-state index contributed by atoms with van der Waals surface area (Å²) >= 11 is 2.10. The number of hydrogen-bond acceptors (Lipinski definition) is 3. The van der Waals surface area contributed by atoms with E-state index in [1.807, 2.05) is 0 Å². The highest BCUT2D eigenvalue weighted by Gasteiger charge is 2.75. The molecule has 0 spiro atoms. The molecule has 3 aromatic carbocycles. The molecule has 1 aliphatic rings. The van der Waals surface area contributed by atoms with Crippen LogP contribution in [-0.2, 0) is 9.12 Å². The van der Waals surface area contributed by atoms with Gasteiger partial charge in [0.15, 0.2) is 0 Å². The fraction of sp³-hybridized carbons (Fsp3) is 0.280. The van der Waals surface area contributed by atoms with Crippen LogP contribution in [0, 0.1) is 0 Å². The monoisotopic (exact) mass is 420 g/mol. The molecule has 0 aliphatic carbocycles. The van der Waals surface area contributed by atoms with Gasteiger partial charge >= 0.3 is 0 Å². The molecule has 0 bridgehead atoms. The molecule has 1 atom stereocenters. The SMILES string of the molecule is COc1ccc(C2(c3ccc(OC)cc3)SC2(c2ccccc2)[Si](C)(C)C)cc1. The number of thioether (sulfide) groups is 1. The molecule has 1 saturated heterocycles. The first-order valence-corrected chi connectivity index (χ1v) is 14.3. The van der Waals surface area contributed by atoms with E-state index in [1.54, 1.807) is 14.2 Å². The molecule has 150 valence electrons. The van der Waals surface area contributed by atoms with Crippen molar-refractivity contribution in [3.8, 4) is 11.5 Å². The Morgan fingerprint density at radius 1 is 0.621 bits per heavy atom. The first-order chi connectivity index (χ1) is 13.9. The van der Waals surface area contributed by atoms with Crippen molar-refractivity contribution in [3.63, 3.8) is 0 Å². The van der Waals surface area contributed by atoms with Crippen molar-refractivity contribution in [2.45, 2.75) is 28.8 Å². The number of benzene rings is 3. The molecule has 0 N–H and O–H groups in total. The van der Waals surface area contributed by atoms with Crippen LogP contribution < -0.4 is 9.47 Å². The normalized spacial score (nSPS) is 20.2. The summed E-state index contributed by atoms with van der Waals surface area (Å²) in [6, 6.07) is 28.3. The van der Waals surface area contributed by atoms with E-state index in [4.69, 9.17) is 9.47 Å². The highest BCUT2D eigenvalue weighted by molar-refractivity contribution is 8.11. The Balaban J connectivity index is 1.96. The van der Waals surface area contributed by atoms with Crippen LogP contribution in [0.1, 0.15) is 16.7 Å². The Hall–Kier alpha value is -2.17. The van der Waals surface area contributed by atoms with Crippen LogP contribution in [0.3, 0.4) is 0 Å². The van der Waals surface area contributed by atoms with Crippen LogP contribution in [0.15, 0.2) is 78.9 Å². The van der Waals surface area contributed by atoms with Gasteiger partial charge in [-0.2, -0.15) is 0 Å². The summed E-state index contributed by atoms with van der Waals surface area (Å²) in [6.07, 6.45) is 0. The Bertz CT molecular complexity index is 931. The van der Waals surface area contributed by atoms with E-state index in [2.05, 4.69) is 110 Å². The van der Waals surface area contributed by atoms with E-state index in [0.29, 0.717) is 0 Å². The number of hydrogen-bond donors (Lipinski definition) is 0. The smallest absolute Gasteiger partial charge is 0.118 e. The van der Waals surface area contributed by atoms with Gasteiger partial charge in [-0.15, -0.1) is 11.8 Å². The zero-order chi connectivity index (χ0) is 20.7. The topological polar surface area (TPSA) is 18.5 Å². The van der Waals surface area contributed by atoms with Crippen LogP contribution >= 0.6 is 11.8 Å². The van der Waals surface area contributed by atoms with Crippen LogP contribution in [0.25, 0.3) is 0 Å². The second-order valence-corrected chi connectivity index (χ2v) is 15.6. The van der Waals surface area contributed by atoms with E-state index in [9.17, 15) is 0 Å². The van der Waals surface area contributed by atoms with Crippen LogP contribution in [0.5, 0.6) is 11.5 Å². The van der Waals surface area contributed by atoms with E-state index in [1.165, 1.54) is 16.7 Å². The minimum atomic E-state index is -1.66. The van der Waals surface area contributed by atoms with Gasteiger partial charge < -0.3 is 9.47 Å². The molecule has 1 unspecified atom stereocenters. The van der Waals surface area contributed by atoms with Gasteiger partial charge in [-0.25, -0.2) is 0 Å². The van der Waals surface area contributed by atoms with Crippen LogP contribution in [-0.4, -0.2) is 22.3 Å². The summed E-state index contributed by atoms with van der Waals surface area (Å²) in [7, 11) is 1.78. The molecule has 0 aromatic heterocycles. The molecule has 1 fully saturated rings. The maximum atomic E-state index is 5.43. The van der Waals surface area contributed by atoms with Gasteiger partial charge in [0.2, 0.25) is 0 Å². The number of rotatable bonds is 6. The Morgan fingerprint density at radius 3 is 1.45 bits per heavy atom. The zero-order valence-corrected chi connectivity index (χ0v) is 19.5. The second-order valence-electron chi connectivity index (χ2n) is 8.54. The van der Waals surface area contributed by atoms with Crippen molar-refractivity contribution in [1.82, 2.24) is 0 Å². The summed E-state index contributed by atoms with van der Waals surface area (Å²) < 4.78 is 10.8. The molecule has 1 aliphatic heterocycles. The molecule has 29 heavy (non-hydrogen) atoms. The van der Waals surface area contributed by atoms with Crippen molar-refractivity contribution in [3.05, 3.63) is 95.6 Å². The van der Waals surface area contributed by atoms with Crippen molar-refractivity contribution in [2.75, 3.05) is 14.2 Å². The lowest BCUT2D eigenvalue weighted by molar-refractivity contribution is 0.414. The number of ether oxygens (including phenoxy) is 2. The van der Waals surface area contributed by atoms with E-state index in [-0.39, 0.29) is 9.12 Å². The van der Waals surface area contributed by atoms with Gasteiger partial charge in [-0.1, -0.05) is 74.2 Å². The predicted molar refractivity (Wildman–Crippen MR) is 126 cm³/mol. The molecular formula is C25H28O2SSi. The lowest BCUT2D eigenvalue weighted by Gasteiger charge is -2.34. The first kappa shape index (κ1) is 20.1. The Kier molecular flexibility index (Phi) is 5.04. The van der Waals surface area contributed by atoms with E-state index < -0.39 is 8.07 Å². The Labute approximate surface area is 179 Å². The fourth-order valence-corrected chi connectivity index (χ4v) is 11.1. The van der Waals surface area contributed by atoms with Crippen molar-refractivity contribution in [2.24, 2.45) is 0 Å². The molecule has 1 heterocycles. The quantitative estimate of drug-likeness (QED) is 0.336. The fourth-order valence-electron chi connectivity index (χ4n) is 4.60. The van der Waals surface area contributed by atoms with E-state index >= 15 is 0 Å². The van der Waals surface area contributed by atoms with Crippen LogP contribution in [0.2, 0.25) is 19.6 Å². The van der Waals surface area contributed by atoms with Gasteiger partial charge in [0.1, 0.15) is 11.5 Å². The summed E-state index contributed by atoms with van der Waals surface area (Å²) in [5.74, 6) is 1.78. The third-order valence-corrected chi connectivity index (χ3v) is 12.8. The molecule has 4 heteroatoms. The molecule has 0 radical (unpaired) electrons. The lowest BCUT2D eigenvalue weighted by Crippen LogP contribution is -2.44. The molecular weight excluding hydrogens is 392 g/mol. The highest BCUT2D eigenvalue weighted by Crippen LogP contribution is 2.81. The highest BCUT2D eigenvalue weighted by atomic mass is 32.2. The second kappa shape index (κ2) is 7.26. The van der Waals surface area contributed by atoms with Crippen molar-refractivity contribution in [1.29, 1.82) is 0 Å². The van der Waals surface area contributed by atoms with Gasteiger partial charge in [0.05, 0.1) is 31.4 Å². The predicted octanol–water partition coefficient (Wildman–Crippen LogP) is 6.47. The minimum Gasteiger partial charge on any atom is -0.497 e. The maximum Gasteiger partial charge on any atom is 0.118 e. The average molecular weight is 421 g/mol. The average Bonchev–Trinajstić information content (AvgIpc) is 3.48. The molecule has 3 aromatic rings. The summed E-state index contributed by atoms with van der Waals surface area (Å²) in [5.41, 5.74) is 4.09. The molecule has 2 nitrogen and oxygen atoms in total. The Morgan fingerprint density at radius 2 is 1.07 bits per heavy atom. The first-order valence-electron chi connectivity index (χ1n) is 9.94. The molecule has 0 amide bonds. The number of methoxy groups -OCH3 is 2. The minimum absolute atomic E-state index is 0.0600. The van der Waals surface area contributed by atoms with E-state index in [0.717, 1.165) is 11.5 Å². The van der Waals surface area contributed by atoms with Gasteiger partial charge in [-0.05, 0) is 41.0 Å². The zero-order valence-electron chi connectivity index (χ0n) is 17.7. The summed E-state index contributed by atoms with van der Waals surface area (Å²) in [4.78, 5) is 0. The van der Waals surface area contributed by atoms with Crippen molar-refractivity contribution < 1.29 is 9.47 Å². The maximum absolute atomic E-state index is 5.43. The molecule has 4 rings (SSSR count). The summed E-state index contributed by atoms with van der Waals surface area (Å²) in [5, 5.41) is 0. The van der Waals surface area contributed by atoms with Gasteiger partial charge in [0.25, 0.3) is 0 Å². The van der Waals surface area contributed by atoms with Crippen molar-refractivity contribution >= 4 is 19.8 Å². The van der Waals surface area contributed by atoms with Gasteiger partial charge in [-0.3, -0.25) is 0 Å².